The van der Waals surface area contributed by atoms with Gasteiger partial charge in [0, 0.05) is 18.7 Å². The summed E-state index contributed by atoms with van der Waals surface area (Å²) in [6.07, 6.45) is -1.72. The summed E-state index contributed by atoms with van der Waals surface area (Å²) in [6.45, 7) is 5.67. The summed E-state index contributed by atoms with van der Waals surface area (Å²) in [7, 11) is 0. The topological polar surface area (TPSA) is 49.4 Å². The lowest BCUT2D eigenvalue weighted by Gasteiger charge is -2.19. The summed E-state index contributed by atoms with van der Waals surface area (Å²) in [5.41, 5.74) is -0.273. The number of carbonyl (C=O) groups excluding carboxylic acids is 2. The molecule has 0 aliphatic carbocycles. The molecule has 4 nitrogen and oxygen atoms in total. The second-order valence-electron chi connectivity index (χ2n) is 5.53. The molecule has 0 aromatic heterocycles. The van der Waals surface area contributed by atoms with Crippen molar-refractivity contribution in [2.75, 3.05) is 13.1 Å². The largest absolute Gasteiger partial charge is 0.416 e. The van der Waals surface area contributed by atoms with Gasteiger partial charge in [-0.3, -0.25) is 9.59 Å². The van der Waals surface area contributed by atoms with Crippen LogP contribution in [0.1, 0.15) is 31.9 Å². The summed E-state index contributed by atoms with van der Waals surface area (Å²) < 4.78 is 37.4. The van der Waals surface area contributed by atoms with Gasteiger partial charge in [0.15, 0.2) is 0 Å². The number of benzene rings is 1. The van der Waals surface area contributed by atoms with E-state index in [2.05, 4.69) is 5.32 Å². The first-order chi connectivity index (χ1) is 11.1. The van der Waals surface area contributed by atoms with Crippen LogP contribution < -0.4 is 5.32 Å². The molecule has 0 atom stereocenters. The maximum absolute atomic E-state index is 12.5. The summed E-state index contributed by atoms with van der Waals surface area (Å²) in [5, 5.41) is 2.69. The standard InChI is InChI=1S/C17H21F3N2O2/c1-4-22(11-15(23)21-12(2)3)16(24)10-7-13-5-8-14(9-6-13)17(18,19)20/h5-10,12H,4,11H2,1-3H3,(H,21,23)/b10-7+. The lowest BCUT2D eigenvalue weighted by atomic mass is 10.1. The van der Waals surface area contributed by atoms with Gasteiger partial charge in [-0.05, 0) is 44.5 Å². The number of amides is 2. The van der Waals surface area contributed by atoms with E-state index < -0.39 is 11.7 Å². The van der Waals surface area contributed by atoms with Gasteiger partial charge in [-0.1, -0.05) is 12.1 Å². The van der Waals surface area contributed by atoms with Crippen molar-refractivity contribution in [1.29, 1.82) is 0 Å². The van der Waals surface area contributed by atoms with Crippen LogP contribution in [0.2, 0.25) is 0 Å². The molecule has 0 radical (unpaired) electrons. The fourth-order valence-electron chi connectivity index (χ4n) is 1.94. The van der Waals surface area contributed by atoms with Gasteiger partial charge in [0.2, 0.25) is 11.8 Å². The summed E-state index contributed by atoms with van der Waals surface area (Å²) in [4.78, 5) is 25.1. The number of alkyl halides is 3. The number of hydrogen-bond donors (Lipinski definition) is 1. The first-order valence-electron chi connectivity index (χ1n) is 7.57. The van der Waals surface area contributed by atoms with E-state index in [4.69, 9.17) is 0 Å². The van der Waals surface area contributed by atoms with Gasteiger partial charge in [-0.2, -0.15) is 13.2 Å². The van der Waals surface area contributed by atoms with Crippen molar-refractivity contribution in [2.45, 2.75) is 33.0 Å². The SMILES string of the molecule is CCN(CC(=O)NC(C)C)C(=O)/C=C/c1ccc(C(F)(F)F)cc1. The third kappa shape index (κ3) is 6.44. The molecule has 1 rings (SSSR count). The number of carbonyl (C=O) groups is 2. The van der Waals surface area contributed by atoms with Gasteiger partial charge < -0.3 is 10.2 Å². The number of rotatable bonds is 6. The number of halogens is 3. The molecule has 0 saturated heterocycles. The zero-order chi connectivity index (χ0) is 18.3. The minimum Gasteiger partial charge on any atom is -0.352 e. The van der Waals surface area contributed by atoms with Crippen LogP contribution in [0.5, 0.6) is 0 Å². The van der Waals surface area contributed by atoms with Crippen molar-refractivity contribution in [3.8, 4) is 0 Å². The third-order valence-electron chi connectivity index (χ3n) is 3.13. The van der Waals surface area contributed by atoms with Gasteiger partial charge in [0.25, 0.3) is 0 Å². The Balaban J connectivity index is 2.70. The Morgan fingerprint density at radius 3 is 2.25 bits per heavy atom. The highest BCUT2D eigenvalue weighted by Gasteiger charge is 2.29. The van der Waals surface area contributed by atoms with Gasteiger partial charge >= 0.3 is 6.18 Å². The Hall–Kier alpha value is -2.31. The van der Waals surface area contributed by atoms with E-state index in [1.807, 2.05) is 13.8 Å². The van der Waals surface area contributed by atoms with Crippen molar-refractivity contribution < 1.29 is 22.8 Å². The molecule has 0 saturated carbocycles. The summed E-state index contributed by atoms with van der Waals surface area (Å²) >= 11 is 0. The van der Waals surface area contributed by atoms with Crippen molar-refractivity contribution in [3.05, 3.63) is 41.5 Å². The molecule has 24 heavy (non-hydrogen) atoms. The average molecular weight is 342 g/mol. The van der Waals surface area contributed by atoms with Crippen molar-refractivity contribution in [1.82, 2.24) is 10.2 Å². The molecule has 0 bridgehead atoms. The highest BCUT2D eigenvalue weighted by Crippen LogP contribution is 2.29. The highest BCUT2D eigenvalue weighted by molar-refractivity contribution is 5.94. The molecule has 7 heteroatoms. The zero-order valence-electron chi connectivity index (χ0n) is 13.9. The van der Waals surface area contributed by atoms with Crippen LogP contribution in [0.4, 0.5) is 13.2 Å². The van der Waals surface area contributed by atoms with Crippen LogP contribution in [0.15, 0.2) is 30.3 Å². The Morgan fingerprint density at radius 2 is 1.79 bits per heavy atom. The first kappa shape index (κ1) is 19.7. The molecule has 2 amide bonds. The second kappa shape index (κ2) is 8.52. The molecule has 0 aliphatic rings. The molecule has 132 valence electrons. The van der Waals surface area contributed by atoms with Crippen molar-refractivity contribution >= 4 is 17.9 Å². The Kier molecular flexibility index (Phi) is 7.00. The van der Waals surface area contributed by atoms with Gasteiger partial charge in [0.1, 0.15) is 0 Å². The lowest BCUT2D eigenvalue weighted by molar-refractivity contribution is -0.137. The Bertz CT molecular complexity index is 593. The molecule has 0 heterocycles. The fraction of sp³-hybridized carbons (Fsp3) is 0.412. The van der Waals surface area contributed by atoms with E-state index in [9.17, 15) is 22.8 Å². The number of likely N-dealkylation sites (N-methyl/N-ethyl adjacent to an activating group) is 1. The molecule has 0 spiro atoms. The molecule has 1 aromatic carbocycles. The van der Waals surface area contributed by atoms with Gasteiger partial charge in [-0.15, -0.1) is 0 Å². The number of hydrogen-bond acceptors (Lipinski definition) is 2. The molecule has 1 aromatic rings. The van der Waals surface area contributed by atoms with E-state index >= 15 is 0 Å². The monoisotopic (exact) mass is 342 g/mol. The number of nitrogens with zero attached hydrogens (tertiary/aromatic N) is 1. The molecule has 0 unspecified atom stereocenters. The van der Waals surface area contributed by atoms with E-state index in [-0.39, 0.29) is 24.4 Å². The van der Waals surface area contributed by atoms with Crippen LogP contribution >= 0.6 is 0 Å². The average Bonchev–Trinajstić information content (AvgIpc) is 2.49. The van der Waals surface area contributed by atoms with E-state index in [1.165, 1.54) is 29.2 Å². The van der Waals surface area contributed by atoms with Gasteiger partial charge in [-0.25, -0.2) is 0 Å². The van der Waals surface area contributed by atoms with Crippen LogP contribution in [-0.4, -0.2) is 35.8 Å². The van der Waals surface area contributed by atoms with Crippen LogP contribution in [-0.2, 0) is 15.8 Å². The maximum Gasteiger partial charge on any atom is 0.416 e. The van der Waals surface area contributed by atoms with Crippen molar-refractivity contribution in [2.24, 2.45) is 0 Å². The normalized spacial score (nSPS) is 11.8. The molecular formula is C17H21F3N2O2. The summed E-state index contributed by atoms with van der Waals surface area (Å²) in [5.74, 6) is -0.639. The number of nitrogens with one attached hydrogen (secondary N) is 1. The molecule has 1 N–H and O–H groups in total. The van der Waals surface area contributed by atoms with Crippen molar-refractivity contribution in [3.63, 3.8) is 0 Å². The Morgan fingerprint density at radius 1 is 1.21 bits per heavy atom. The lowest BCUT2D eigenvalue weighted by Crippen LogP contribution is -2.42. The molecule has 0 aliphatic heterocycles. The quantitative estimate of drug-likeness (QED) is 0.808. The van der Waals surface area contributed by atoms with Crippen LogP contribution in [0.3, 0.4) is 0 Å². The second-order valence-corrected chi connectivity index (χ2v) is 5.53. The highest BCUT2D eigenvalue weighted by atomic mass is 19.4. The van der Waals surface area contributed by atoms with E-state index in [1.54, 1.807) is 6.92 Å². The predicted octanol–water partition coefficient (Wildman–Crippen LogP) is 3.09. The Labute approximate surface area is 139 Å². The maximum atomic E-state index is 12.5. The summed E-state index contributed by atoms with van der Waals surface area (Å²) in [6, 6.07) is 4.47. The minimum absolute atomic E-state index is 0.0194. The van der Waals surface area contributed by atoms with E-state index in [0.717, 1.165) is 12.1 Å². The van der Waals surface area contributed by atoms with Crippen LogP contribution in [0, 0.1) is 0 Å². The molecular weight excluding hydrogens is 321 g/mol. The smallest absolute Gasteiger partial charge is 0.352 e. The van der Waals surface area contributed by atoms with E-state index in [0.29, 0.717) is 12.1 Å². The molecule has 0 fully saturated rings. The minimum atomic E-state index is -4.39. The first-order valence-corrected chi connectivity index (χ1v) is 7.57. The fourth-order valence-corrected chi connectivity index (χ4v) is 1.94. The predicted molar refractivity (Wildman–Crippen MR) is 86.0 cm³/mol. The third-order valence-corrected chi connectivity index (χ3v) is 3.13. The van der Waals surface area contributed by atoms with Crippen LogP contribution in [0.25, 0.3) is 6.08 Å². The van der Waals surface area contributed by atoms with Gasteiger partial charge in [0.05, 0.1) is 12.1 Å². The zero-order valence-corrected chi connectivity index (χ0v) is 13.9.